The maximum atomic E-state index is 2.57. The van der Waals surface area contributed by atoms with Crippen LogP contribution in [0.2, 0.25) is 0 Å². The quantitative estimate of drug-likeness (QED) is 0.166. The van der Waals surface area contributed by atoms with Crippen molar-refractivity contribution in [2.24, 2.45) is 0 Å². The third-order valence-corrected chi connectivity index (χ3v) is 12.6. The summed E-state index contributed by atoms with van der Waals surface area (Å²) < 4.78 is 4.97. The van der Waals surface area contributed by atoms with E-state index in [4.69, 9.17) is 0 Å². The molecule has 0 spiro atoms. The standard InChI is InChI=1S/C56H38N2/c1-37-29-31-38(32-30-37)46-36-49-54(44-24-11-14-26-48(44)56(49,39-17-5-2-6-18-39)40-19-7-3-8-20-40)55-53(46)45-25-13-16-28-51(45)58(55)42-33-34-52-47(35-42)43-23-12-15-27-50(43)57(52)41-21-9-4-10-22-41/h2-36H,1H3. The van der Waals surface area contributed by atoms with E-state index >= 15 is 0 Å². The van der Waals surface area contributed by atoms with Gasteiger partial charge in [-0.2, -0.15) is 0 Å². The number of rotatable bonds is 5. The Labute approximate surface area is 337 Å². The van der Waals surface area contributed by atoms with Crippen LogP contribution < -0.4 is 0 Å². The molecule has 11 aromatic rings. The molecule has 0 atom stereocenters. The number of benzene rings is 9. The molecular weight excluding hydrogens is 701 g/mol. The van der Waals surface area contributed by atoms with Gasteiger partial charge in [0.05, 0.1) is 27.5 Å². The molecule has 0 fully saturated rings. The molecule has 2 heterocycles. The summed E-state index contributed by atoms with van der Waals surface area (Å²) >= 11 is 0. The zero-order valence-corrected chi connectivity index (χ0v) is 32.1. The molecule has 0 amide bonds. The molecule has 0 bridgehead atoms. The van der Waals surface area contributed by atoms with Crippen LogP contribution in [0.25, 0.3) is 77.2 Å². The van der Waals surface area contributed by atoms with Crippen molar-refractivity contribution in [1.82, 2.24) is 9.13 Å². The fraction of sp³-hybridized carbons (Fsp3) is 0.0357. The predicted octanol–water partition coefficient (Wildman–Crippen LogP) is 14.2. The van der Waals surface area contributed by atoms with Gasteiger partial charge in [0.15, 0.2) is 0 Å². The van der Waals surface area contributed by atoms with Gasteiger partial charge in [-0.1, -0.05) is 169 Å². The lowest BCUT2D eigenvalue weighted by molar-refractivity contribution is 0.769. The Morgan fingerprint density at radius 3 is 1.66 bits per heavy atom. The minimum atomic E-state index is -0.545. The van der Waals surface area contributed by atoms with E-state index in [1.54, 1.807) is 0 Å². The van der Waals surface area contributed by atoms with Crippen LogP contribution in [-0.4, -0.2) is 9.13 Å². The van der Waals surface area contributed by atoms with E-state index < -0.39 is 5.41 Å². The van der Waals surface area contributed by atoms with Crippen molar-refractivity contribution in [2.75, 3.05) is 0 Å². The molecule has 272 valence electrons. The first-order chi connectivity index (χ1) is 28.7. The van der Waals surface area contributed by atoms with Crippen LogP contribution in [-0.2, 0) is 5.41 Å². The first kappa shape index (κ1) is 32.8. The van der Waals surface area contributed by atoms with Crippen LogP contribution in [0.1, 0.15) is 27.8 Å². The van der Waals surface area contributed by atoms with Crippen LogP contribution in [0, 0.1) is 6.92 Å². The largest absolute Gasteiger partial charge is 0.309 e. The zero-order valence-electron chi connectivity index (χ0n) is 32.1. The summed E-state index contributed by atoms with van der Waals surface area (Å²) in [6.07, 6.45) is 0. The highest BCUT2D eigenvalue weighted by atomic mass is 15.0. The summed E-state index contributed by atoms with van der Waals surface area (Å²) in [6, 6.07) is 78.8. The van der Waals surface area contributed by atoms with Crippen LogP contribution in [0.15, 0.2) is 212 Å². The first-order valence-electron chi connectivity index (χ1n) is 20.2. The van der Waals surface area contributed by atoms with E-state index in [0.29, 0.717) is 0 Å². The molecule has 0 unspecified atom stereocenters. The highest BCUT2D eigenvalue weighted by Gasteiger charge is 2.47. The van der Waals surface area contributed by atoms with E-state index in [0.717, 1.165) is 11.4 Å². The summed E-state index contributed by atoms with van der Waals surface area (Å²) in [5.41, 5.74) is 18.0. The molecule has 12 rings (SSSR count). The van der Waals surface area contributed by atoms with Crippen molar-refractivity contribution in [3.8, 4) is 33.6 Å². The Balaban J connectivity index is 1.28. The van der Waals surface area contributed by atoms with Crippen LogP contribution in [0.5, 0.6) is 0 Å². The van der Waals surface area contributed by atoms with E-state index in [1.165, 1.54) is 93.7 Å². The molecule has 9 aromatic carbocycles. The molecular formula is C56H38N2. The maximum Gasteiger partial charge on any atom is 0.0714 e. The monoisotopic (exact) mass is 738 g/mol. The zero-order chi connectivity index (χ0) is 38.4. The fourth-order valence-corrected chi connectivity index (χ4v) is 10.3. The molecule has 1 aliphatic rings. The van der Waals surface area contributed by atoms with E-state index in [1.807, 2.05) is 0 Å². The highest BCUT2D eigenvalue weighted by Crippen LogP contribution is 2.60. The molecule has 0 radical (unpaired) electrons. The van der Waals surface area contributed by atoms with Gasteiger partial charge in [0, 0.05) is 38.5 Å². The Bertz CT molecular complexity index is 3330. The SMILES string of the molecule is Cc1ccc(-c2cc3c(c4c2c2ccccc2n4-c2ccc4c(c2)c2ccccc2n4-c2ccccc2)-c2ccccc2C3(c2ccccc2)c2ccccc2)cc1. The van der Waals surface area contributed by atoms with Gasteiger partial charge in [0.25, 0.3) is 0 Å². The second kappa shape index (κ2) is 12.5. The van der Waals surface area contributed by atoms with Gasteiger partial charge < -0.3 is 9.13 Å². The second-order valence-corrected chi connectivity index (χ2v) is 15.7. The number of aryl methyl sites for hydroxylation is 1. The Morgan fingerprint density at radius 1 is 0.379 bits per heavy atom. The van der Waals surface area contributed by atoms with E-state index in [9.17, 15) is 0 Å². The van der Waals surface area contributed by atoms with Gasteiger partial charge in [0.1, 0.15) is 0 Å². The minimum Gasteiger partial charge on any atom is -0.309 e. The number of hydrogen-bond donors (Lipinski definition) is 0. The van der Waals surface area contributed by atoms with Crippen molar-refractivity contribution in [3.05, 3.63) is 240 Å². The van der Waals surface area contributed by atoms with Gasteiger partial charge in [-0.15, -0.1) is 0 Å². The fourth-order valence-electron chi connectivity index (χ4n) is 10.3. The van der Waals surface area contributed by atoms with Gasteiger partial charge >= 0.3 is 0 Å². The van der Waals surface area contributed by atoms with Gasteiger partial charge in [0.2, 0.25) is 0 Å². The summed E-state index contributed by atoms with van der Waals surface area (Å²) in [4.78, 5) is 0. The first-order valence-corrected chi connectivity index (χ1v) is 20.2. The van der Waals surface area contributed by atoms with Crippen LogP contribution in [0.3, 0.4) is 0 Å². The molecule has 0 saturated heterocycles. The average molecular weight is 739 g/mol. The Morgan fingerprint density at radius 2 is 0.948 bits per heavy atom. The summed E-state index contributed by atoms with van der Waals surface area (Å²) in [5, 5.41) is 5.00. The molecule has 1 aliphatic carbocycles. The van der Waals surface area contributed by atoms with Gasteiger partial charge in [-0.25, -0.2) is 0 Å². The van der Waals surface area contributed by atoms with E-state index in [-0.39, 0.29) is 0 Å². The summed E-state index contributed by atoms with van der Waals surface area (Å²) in [5.74, 6) is 0. The molecule has 0 N–H and O–H groups in total. The van der Waals surface area contributed by atoms with Crippen molar-refractivity contribution < 1.29 is 0 Å². The smallest absolute Gasteiger partial charge is 0.0714 e. The topological polar surface area (TPSA) is 9.86 Å². The van der Waals surface area contributed by atoms with Crippen molar-refractivity contribution in [3.63, 3.8) is 0 Å². The van der Waals surface area contributed by atoms with Crippen molar-refractivity contribution >= 4 is 43.6 Å². The average Bonchev–Trinajstić information content (AvgIpc) is 3.91. The number of fused-ring (bicyclic) bond motifs is 10. The summed E-state index contributed by atoms with van der Waals surface area (Å²) in [6.45, 7) is 2.17. The number of aromatic nitrogens is 2. The molecule has 58 heavy (non-hydrogen) atoms. The lowest BCUT2D eigenvalue weighted by atomic mass is 9.67. The highest BCUT2D eigenvalue weighted by molar-refractivity contribution is 6.22. The lowest BCUT2D eigenvalue weighted by Gasteiger charge is -2.34. The number of nitrogens with zero attached hydrogens (tertiary/aromatic N) is 2. The third kappa shape index (κ3) is 4.49. The van der Waals surface area contributed by atoms with E-state index in [2.05, 4.69) is 228 Å². The Hall–Kier alpha value is -7.42. The molecule has 2 aromatic heterocycles. The third-order valence-electron chi connectivity index (χ3n) is 12.6. The number of para-hydroxylation sites is 3. The Kier molecular flexibility index (Phi) is 7.09. The predicted molar refractivity (Wildman–Crippen MR) is 243 cm³/mol. The van der Waals surface area contributed by atoms with Crippen LogP contribution in [0.4, 0.5) is 0 Å². The lowest BCUT2D eigenvalue weighted by Crippen LogP contribution is -2.28. The molecule has 2 nitrogen and oxygen atoms in total. The minimum absolute atomic E-state index is 0.545. The van der Waals surface area contributed by atoms with Crippen LogP contribution >= 0.6 is 0 Å². The van der Waals surface area contributed by atoms with Gasteiger partial charge in [-0.05, 0) is 94.4 Å². The van der Waals surface area contributed by atoms with Gasteiger partial charge in [-0.3, -0.25) is 0 Å². The maximum absolute atomic E-state index is 2.57. The second-order valence-electron chi connectivity index (χ2n) is 15.7. The molecule has 0 aliphatic heterocycles. The number of hydrogen-bond acceptors (Lipinski definition) is 0. The molecule has 0 saturated carbocycles. The molecule has 2 heteroatoms. The van der Waals surface area contributed by atoms with Crippen molar-refractivity contribution in [1.29, 1.82) is 0 Å². The summed E-state index contributed by atoms with van der Waals surface area (Å²) in [7, 11) is 0. The normalized spacial score (nSPS) is 13.1. The van der Waals surface area contributed by atoms with Crippen molar-refractivity contribution in [2.45, 2.75) is 12.3 Å².